The largest absolute Gasteiger partial charge is 0.375 e. The molecular formula is C12H28N2O. The van der Waals surface area contributed by atoms with Gasteiger partial charge in [0.1, 0.15) is 0 Å². The monoisotopic (exact) mass is 216 g/mol. The second-order valence-electron chi connectivity index (χ2n) is 5.17. The van der Waals surface area contributed by atoms with Gasteiger partial charge in [0.2, 0.25) is 0 Å². The Labute approximate surface area is 95.0 Å². The summed E-state index contributed by atoms with van der Waals surface area (Å²) in [6.45, 7) is 14.5. The zero-order chi connectivity index (χ0) is 11.7. The Kier molecular flexibility index (Phi) is 8.02. The zero-order valence-electron chi connectivity index (χ0n) is 11.0. The lowest BCUT2D eigenvalue weighted by Gasteiger charge is -2.19. The highest BCUT2D eigenvalue weighted by Crippen LogP contribution is 2.04. The minimum atomic E-state index is -0.0130. The molecule has 0 rings (SSSR count). The van der Waals surface area contributed by atoms with Crippen LogP contribution in [0.1, 0.15) is 41.0 Å². The molecule has 2 N–H and O–H groups in total. The van der Waals surface area contributed by atoms with E-state index in [1.807, 2.05) is 0 Å². The van der Waals surface area contributed by atoms with Crippen LogP contribution < -0.4 is 10.6 Å². The van der Waals surface area contributed by atoms with E-state index in [9.17, 15) is 0 Å². The highest BCUT2D eigenvalue weighted by Gasteiger charge is 2.08. The minimum absolute atomic E-state index is 0.0130. The van der Waals surface area contributed by atoms with Gasteiger partial charge in [-0.3, -0.25) is 0 Å². The molecule has 0 saturated heterocycles. The Morgan fingerprint density at radius 1 is 1.07 bits per heavy atom. The first-order valence-electron chi connectivity index (χ1n) is 6.00. The van der Waals surface area contributed by atoms with Crippen LogP contribution in [0.25, 0.3) is 0 Å². The van der Waals surface area contributed by atoms with E-state index in [1.165, 1.54) is 6.42 Å². The maximum absolute atomic E-state index is 5.60. The van der Waals surface area contributed by atoms with Crippen LogP contribution in [0.2, 0.25) is 0 Å². The average Bonchev–Trinajstić information content (AvgIpc) is 2.07. The topological polar surface area (TPSA) is 33.3 Å². The van der Waals surface area contributed by atoms with Crippen LogP contribution in [-0.4, -0.2) is 37.9 Å². The van der Waals surface area contributed by atoms with Crippen molar-refractivity contribution in [3.05, 3.63) is 0 Å². The van der Waals surface area contributed by atoms with Gasteiger partial charge in [0.25, 0.3) is 0 Å². The van der Waals surface area contributed by atoms with Gasteiger partial charge >= 0.3 is 0 Å². The van der Waals surface area contributed by atoms with Crippen LogP contribution in [-0.2, 0) is 4.74 Å². The number of rotatable bonds is 8. The van der Waals surface area contributed by atoms with Crippen molar-refractivity contribution in [3.8, 4) is 0 Å². The highest BCUT2D eigenvalue weighted by atomic mass is 16.5. The van der Waals surface area contributed by atoms with Gasteiger partial charge in [0, 0.05) is 12.6 Å². The van der Waals surface area contributed by atoms with E-state index in [-0.39, 0.29) is 5.60 Å². The predicted octanol–water partition coefficient (Wildman–Crippen LogP) is 1.78. The SMILES string of the molecule is CC(C)NCCCNCCOC(C)(C)C. The first-order valence-corrected chi connectivity index (χ1v) is 6.00. The third-order valence-corrected chi connectivity index (χ3v) is 1.90. The maximum Gasteiger partial charge on any atom is 0.0599 e. The van der Waals surface area contributed by atoms with Crippen molar-refractivity contribution in [1.82, 2.24) is 10.6 Å². The van der Waals surface area contributed by atoms with Gasteiger partial charge in [-0.2, -0.15) is 0 Å². The number of ether oxygens (including phenoxy) is 1. The van der Waals surface area contributed by atoms with Crippen LogP contribution in [0.15, 0.2) is 0 Å². The molecule has 0 radical (unpaired) electrons. The molecule has 0 aromatic carbocycles. The molecule has 0 spiro atoms. The fourth-order valence-corrected chi connectivity index (χ4v) is 1.16. The van der Waals surface area contributed by atoms with E-state index in [2.05, 4.69) is 45.3 Å². The molecule has 0 unspecified atom stereocenters. The zero-order valence-corrected chi connectivity index (χ0v) is 11.0. The first-order chi connectivity index (χ1) is 6.92. The molecule has 3 nitrogen and oxygen atoms in total. The molecule has 0 bridgehead atoms. The Bertz CT molecular complexity index is 141. The predicted molar refractivity (Wildman–Crippen MR) is 66.3 cm³/mol. The average molecular weight is 216 g/mol. The van der Waals surface area contributed by atoms with Gasteiger partial charge in [-0.05, 0) is 40.3 Å². The fourth-order valence-electron chi connectivity index (χ4n) is 1.16. The van der Waals surface area contributed by atoms with Crippen molar-refractivity contribution in [3.63, 3.8) is 0 Å². The second kappa shape index (κ2) is 8.08. The summed E-state index contributed by atoms with van der Waals surface area (Å²) >= 11 is 0. The number of hydrogen-bond acceptors (Lipinski definition) is 3. The van der Waals surface area contributed by atoms with Gasteiger partial charge in [0.15, 0.2) is 0 Å². The standard InChI is InChI=1S/C12H28N2O/c1-11(2)14-8-6-7-13-9-10-15-12(3,4)5/h11,13-14H,6-10H2,1-5H3. The summed E-state index contributed by atoms with van der Waals surface area (Å²) in [6.07, 6.45) is 1.17. The van der Waals surface area contributed by atoms with Crippen LogP contribution in [0.3, 0.4) is 0 Å². The summed E-state index contributed by atoms with van der Waals surface area (Å²) in [5, 5.41) is 6.76. The molecule has 0 saturated carbocycles. The summed E-state index contributed by atoms with van der Waals surface area (Å²) in [5.41, 5.74) is -0.0130. The molecule has 15 heavy (non-hydrogen) atoms. The van der Waals surface area contributed by atoms with Gasteiger partial charge in [0.05, 0.1) is 12.2 Å². The summed E-state index contributed by atoms with van der Waals surface area (Å²) in [6, 6.07) is 0.592. The molecule has 0 aliphatic carbocycles. The van der Waals surface area contributed by atoms with Crippen LogP contribution >= 0.6 is 0 Å². The third kappa shape index (κ3) is 13.9. The molecule has 0 aliphatic rings. The Hall–Kier alpha value is -0.120. The number of nitrogens with one attached hydrogen (secondary N) is 2. The lowest BCUT2D eigenvalue weighted by Crippen LogP contribution is -2.30. The lowest BCUT2D eigenvalue weighted by atomic mass is 10.2. The quantitative estimate of drug-likeness (QED) is 0.607. The van der Waals surface area contributed by atoms with Crippen LogP contribution in [0.5, 0.6) is 0 Å². The summed E-state index contributed by atoms with van der Waals surface area (Å²) in [4.78, 5) is 0. The van der Waals surface area contributed by atoms with Crippen molar-refractivity contribution < 1.29 is 4.74 Å². The highest BCUT2D eigenvalue weighted by molar-refractivity contribution is 4.59. The Balaban J connectivity index is 3.06. The van der Waals surface area contributed by atoms with E-state index in [0.29, 0.717) is 6.04 Å². The Morgan fingerprint density at radius 2 is 1.73 bits per heavy atom. The van der Waals surface area contributed by atoms with Gasteiger partial charge < -0.3 is 15.4 Å². The molecule has 92 valence electrons. The molecular weight excluding hydrogens is 188 g/mol. The lowest BCUT2D eigenvalue weighted by molar-refractivity contribution is -0.000749. The summed E-state index contributed by atoms with van der Waals surface area (Å²) in [7, 11) is 0. The molecule has 0 heterocycles. The van der Waals surface area contributed by atoms with E-state index in [4.69, 9.17) is 4.74 Å². The number of hydrogen-bond donors (Lipinski definition) is 2. The van der Waals surface area contributed by atoms with Gasteiger partial charge in [-0.25, -0.2) is 0 Å². The fraction of sp³-hybridized carbons (Fsp3) is 1.00. The third-order valence-electron chi connectivity index (χ3n) is 1.90. The molecule has 3 heteroatoms. The van der Waals surface area contributed by atoms with Crippen molar-refractivity contribution in [2.75, 3.05) is 26.2 Å². The molecule has 0 amide bonds. The van der Waals surface area contributed by atoms with Crippen LogP contribution in [0.4, 0.5) is 0 Å². The van der Waals surface area contributed by atoms with Gasteiger partial charge in [-0.15, -0.1) is 0 Å². The van der Waals surface area contributed by atoms with Crippen molar-refractivity contribution in [2.45, 2.75) is 52.7 Å². The van der Waals surface area contributed by atoms with E-state index >= 15 is 0 Å². The summed E-state index contributed by atoms with van der Waals surface area (Å²) < 4.78 is 5.60. The Morgan fingerprint density at radius 3 is 2.27 bits per heavy atom. The van der Waals surface area contributed by atoms with E-state index < -0.39 is 0 Å². The first kappa shape index (κ1) is 14.9. The van der Waals surface area contributed by atoms with Crippen molar-refractivity contribution >= 4 is 0 Å². The van der Waals surface area contributed by atoms with Crippen LogP contribution in [0, 0.1) is 0 Å². The van der Waals surface area contributed by atoms with Crippen molar-refractivity contribution in [1.29, 1.82) is 0 Å². The van der Waals surface area contributed by atoms with Crippen molar-refractivity contribution in [2.24, 2.45) is 0 Å². The van der Waals surface area contributed by atoms with Gasteiger partial charge in [-0.1, -0.05) is 13.8 Å². The smallest absolute Gasteiger partial charge is 0.0599 e. The summed E-state index contributed by atoms with van der Waals surface area (Å²) in [5.74, 6) is 0. The van der Waals surface area contributed by atoms with E-state index in [0.717, 1.165) is 26.2 Å². The second-order valence-corrected chi connectivity index (χ2v) is 5.17. The minimum Gasteiger partial charge on any atom is -0.375 e. The molecule has 0 atom stereocenters. The normalized spacial score (nSPS) is 12.4. The molecule has 0 aromatic heterocycles. The molecule has 0 aromatic rings. The molecule has 0 aliphatic heterocycles. The van der Waals surface area contributed by atoms with E-state index in [1.54, 1.807) is 0 Å². The maximum atomic E-state index is 5.60. The molecule has 0 fully saturated rings.